The fourth-order valence-corrected chi connectivity index (χ4v) is 4.26. The topological polar surface area (TPSA) is 64.1 Å². The third-order valence-corrected chi connectivity index (χ3v) is 5.97. The van der Waals surface area contributed by atoms with Gasteiger partial charge in [-0.3, -0.25) is 15.1 Å². The Morgan fingerprint density at radius 2 is 2.00 bits per heavy atom. The molecule has 1 amide bonds. The maximum atomic E-state index is 12.2. The van der Waals surface area contributed by atoms with Gasteiger partial charge in [-0.1, -0.05) is 31.4 Å². The molecule has 0 unspecified atom stereocenters. The summed E-state index contributed by atoms with van der Waals surface area (Å²) in [7, 11) is 0. The molecular weight excluding hydrogens is 394 g/mol. The number of benzene rings is 1. The molecule has 4 rings (SSSR count). The molecule has 0 bridgehead atoms. The summed E-state index contributed by atoms with van der Waals surface area (Å²) in [5.74, 6) is 1.36. The first kappa shape index (κ1) is 20.3. The highest BCUT2D eigenvalue weighted by atomic mass is 32.1. The molecule has 30 heavy (non-hydrogen) atoms. The van der Waals surface area contributed by atoms with Crippen LogP contribution < -0.4 is 10.1 Å². The second kappa shape index (κ2) is 10.2. The zero-order valence-corrected chi connectivity index (χ0v) is 17.6. The van der Waals surface area contributed by atoms with Gasteiger partial charge in [0.05, 0.1) is 12.3 Å². The first-order valence-corrected chi connectivity index (χ1v) is 11.2. The molecule has 1 saturated carbocycles. The predicted octanol–water partition coefficient (Wildman–Crippen LogP) is 5.82. The van der Waals surface area contributed by atoms with Crippen molar-refractivity contribution in [1.82, 2.24) is 9.97 Å². The van der Waals surface area contributed by atoms with E-state index in [1.54, 1.807) is 18.5 Å². The van der Waals surface area contributed by atoms with E-state index in [2.05, 4.69) is 15.3 Å². The van der Waals surface area contributed by atoms with E-state index in [0.29, 0.717) is 11.0 Å². The van der Waals surface area contributed by atoms with Crippen LogP contribution in [-0.2, 0) is 4.79 Å². The maximum Gasteiger partial charge on any atom is 0.250 e. The number of amides is 1. The number of thiazole rings is 1. The number of hydrogen-bond acceptors (Lipinski definition) is 5. The van der Waals surface area contributed by atoms with Crippen LogP contribution in [-0.4, -0.2) is 22.5 Å². The summed E-state index contributed by atoms with van der Waals surface area (Å²) in [4.78, 5) is 20.7. The molecular formula is C24H25N3O2S. The van der Waals surface area contributed by atoms with Crippen LogP contribution in [0.4, 0.5) is 5.13 Å². The second-order valence-corrected chi connectivity index (χ2v) is 8.34. The number of aromatic nitrogens is 2. The molecule has 0 saturated heterocycles. The number of pyridine rings is 1. The van der Waals surface area contributed by atoms with Gasteiger partial charge in [-0.05, 0) is 54.7 Å². The molecule has 0 radical (unpaired) electrons. The van der Waals surface area contributed by atoms with Crippen LogP contribution in [0.25, 0.3) is 17.3 Å². The van der Waals surface area contributed by atoms with E-state index in [0.717, 1.165) is 29.2 Å². The average molecular weight is 420 g/mol. The Morgan fingerprint density at radius 1 is 1.17 bits per heavy atom. The quantitative estimate of drug-likeness (QED) is 0.490. The summed E-state index contributed by atoms with van der Waals surface area (Å²) < 4.78 is 5.93. The lowest BCUT2D eigenvalue weighted by Gasteiger charge is -2.21. The van der Waals surface area contributed by atoms with Gasteiger partial charge in [-0.25, -0.2) is 4.98 Å². The van der Waals surface area contributed by atoms with Crippen LogP contribution in [0.3, 0.4) is 0 Å². The largest absolute Gasteiger partial charge is 0.493 e. The Balaban J connectivity index is 1.27. The maximum absolute atomic E-state index is 12.2. The number of nitrogens with zero attached hydrogens (tertiary/aromatic N) is 2. The molecule has 1 fully saturated rings. The van der Waals surface area contributed by atoms with Crippen LogP contribution in [0.2, 0.25) is 0 Å². The Labute approximate surface area is 180 Å². The molecule has 1 aromatic carbocycles. The number of rotatable bonds is 7. The molecule has 2 aromatic heterocycles. The average Bonchev–Trinajstić information content (AvgIpc) is 3.27. The van der Waals surface area contributed by atoms with Gasteiger partial charge in [0, 0.05) is 29.4 Å². The summed E-state index contributed by atoms with van der Waals surface area (Å²) in [6.07, 6.45) is 13.3. The summed E-state index contributed by atoms with van der Waals surface area (Å²) in [5, 5.41) is 5.28. The minimum Gasteiger partial charge on any atom is -0.493 e. The SMILES string of the molecule is O=C(/C=C/c1ccc(OCC2CCCCC2)cc1)Nc1nc(-c2cccnc2)cs1. The normalized spacial score (nSPS) is 14.7. The van der Waals surface area contributed by atoms with Crippen molar-refractivity contribution < 1.29 is 9.53 Å². The van der Waals surface area contributed by atoms with Crippen molar-refractivity contribution in [2.75, 3.05) is 11.9 Å². The Morgan fingerprint density at radius 3 is 2.77 bits per heavy atom. The first-order valence-electron chi connectivity index (χ1n) is 10.3. The number of nitrogens with one attached hydrogen (secondary N) is 1. The molecule has 1 aliphatic rings. The highest BCUT2D eigenvalue weighted by Crippen LogP contribution is 2.25. The van der Waals surface area contributed by atoms with E-state index in [1.165, 1.54) is 49.5 Å². The minimum atomic E-state index is -0.209. The number of ether oxygens (including phenoxy) is 1. The van der Waals surface area contributed by atoms with Crippen LogP contribution in [0.5, 0.6) is 5.75 Å². The molecule has 5 nitrogen and oxygen atoms in total. The Hall–Kier alpha value is -2.99. The van der Waals surface area contributed by atoms with Gasteiger partial charge in [0.2, 0.25) is 5.91 Å². The number of anilines is 1. The van der Waals surface area contributed by atoms with Crippen molar-refractivity contribution in [2.45, 2.75) is 32.1 Å². The van der Waals surface area contributed by atoms with Crippen molar-refractivity contribution in [1.29, 1.82) is 0 Å². The second-order valence-electron chi connectivity index (χ2n) is 7.49. The van der Waals surface area contributed by atoms with Crippen LogP contribution in [0, 0.1) is 5.92 Å². The van der Waals surface area contributed by atoms with Gasteiger partial charge >= 0.3 is 0 Å². The molecule has 0 spiro atoms. The van der Waals surface area contributed by atoms with Gasteiger partial charge in [0.15, 0.2) is 5.13 Å². The fraction of sp³-hybridized carbons (Fsp3) is 0.292. The molecule has 154 valence electrons. The molecule has 0 aliphatic heterocycles. The van der Waals surface area contributed by atoms with Crippen LogP contribution in [0.1, 0.15) is 37.7 Å². The summed E-state index contributed by atoms with van der Waals surface area (Å²) >= 11 is 1.39. The van der Waals surface area contributed by atoms with Crippen LogP contribution in [0.15, 0.2) is 60.2 Å². The standard InChI is InChI=1S/C24H25N3O2S/c28-23(27-24-26-22(17-30-24)20-7-4-14-25-15-20)13-10-18-8-11-21(12-9-18)29-16-19-5-2-1-3-6-19/h4,7-15,17,19H,1-3,5-6,16H2,(H,26,27,28)/b13-10+. The highest BCUT2D eigenvalue weighted by Gasteiger charge is 2.13. The third-order valence-electron chi connectivity index (χ3n) is 5.21. The number of carbonyl (C=O) groups is 1. The lowest BCUT2D eigenvalue weighted by atomic mass is 9.90. The lowest BCUT2D eigenvalue weighted by Crippen LogP contribution is -2.15. The van der Waals surface area contributed by atoms with Crippen molar-refractivity contribution in [3.05, 3.63) is 65.8 Å². The third kappa shape index (κ3) is 5.76. The zero-order valence-electron chi connectivity index (χ0n) is 16.8. The van der Waals surface area contributed by atoms with Crippen molar-refractivity contribution in [3.63, 3.8) is 0 Å². The van der Waals surface area contributed by atoms with E-state index < -0.39 is 0 Å². The smallest absolute Gasteiger partial charge is 0.250 e. The summed E-state index contributed by atoms with van der Waals surface area (Å²) in [5.41, 5.74) is 2.68. The lowest BCUT2D eigenvalue weighted by molar-refractivity contribution is -0.111. The molecule has 0 atom stereocenters. The van der Waals surface area contributed by atoms with Gasteiger partial charge in [0.25, 0.3) is 0 Å². The zero-order chi connectivity index (χ0) is 20.6. The summed E-state index contributed by atoms with van der Waals surface area (Å²) in [6.45, 7) is 0.798. The van der Waals surface area contributed by atoms with Crippen molar-refractivity contribution in [3.8, 4) is 17.0 Å². The molecule has 2 heterocycles. The van der Waals surface area contributed by atoms with E-state index >= 15 is 0 Å². The predicted molar refractivity (Wildman–Crippen MR) is 122 cm³/mol. The molecule has 3 aromatic rings. The van der Waals surface area contributed by atoms with E-state index in [-0.39, 0.29) is 5.91 Å². The van der Waals surface area contributed by atoms with Gasteiger partial charge < -0.3 is 4.74 Å². The van der Waals surface area contributed by atoms with Gasteiger partial charge in [-0.15, -0.1) is 11.3 Å². The summed E-state index contributed by atoms with van der Waals surface area (Å²) in [6, 6.07) is 11.6. The Bertz CT molecular complexity index is 977. The van der Waals surface area contributed by atoms with E-state index in [1.807, 2.05) is 41.8 Å². The first-order chi connectivity index (χ1) is 14.8. The van der Waals surface area contributed by atoms with Gasteiger partial charge in [-0.2, -0.15) is 0 Å². The molecule has 6 heteroatoms. The minimum absolute atomic E-state index is 0.209. The Kier molecular flexibility index (Phi) is 6.87. The van der Waals surface area contributed by atoms with Crippen molar-refractivity contribution in [2.24, 2.45) is 5.92 Å². The number of carbonyl (C=O) groups excluding carboxylic acids is 1. The van der Waals surface area contributed by atoms with Crippen molar-refractivity contribution >= 4 is 28.5 Å². The fourth-order valence-electron chi connectivity index (χ4n) is 3.54. The monoisotopic (exact) mass is 419 g/mol. The van der Waals surface area contributed by atoms with Gasteiger partial charge in [0.1, 0.15) is 5.75 Å². The van der Waals surface area contributed by atoms with Crippen LogP contribution >= 0.6 is 11.3 Å². The van der Waals surface area contributed by atoms with E-state index in [9.17, 15) is 4.79 Å². The van der Waals surface area contributed by atoms with E-state index in [4.69, 9.17) is 4.74 Å². The number of hydrogen-bond donors (Lipinski definition) is 1. The molecule has 1 N–H and O–H groups in total. The molecule has 1 aliphatic carbocycles. The highest BCUT2D eigenvalue weighted by molar-refractivity contribution is 7.14.